The fourth-order valence-corrected chi connectivity index (χ4v) is 4.40. The molecule has 7 nitrogen and oxygen atoms in total. The normalized spacial score (nSPS) is 14.3. The van der Waals surface area contributed by atoms with Crippen LogP contribution in [0.3, 0.4) is 0 Å². The van der Waals surface area contributed by atoms with Gasteiger partial charge in [-0.3, -0.25) is 4.79 Å². The monoisotopic (exact) mass is 453 g/mol. The highest BCUT2D eigenvalue weighted by molar-refractivity contribution is 5.78. The van der Waals surface area contributed by atoms with Gasteiger partial charge in [0.2, 0.25) is 11.8 Å². The van der Waals surface area contributed by atoms with Crippen molar-refractivity contribution in [1.82, 2.24) is 24.9 Å². The van der Waals surface area contributed by atoms with E-state index in [1.165, 1.54) is 0 Å². The number of hydrogen-bond acceptors (Lipinski definition) is 5. The number of likely N-dealkylation sites (tertiary alicyclic amines) is 1. The summed E-state index contributed by atoms with van der Waals surface area (Å²) in [6.45, 7) is 1.36. The number of ether oxygens (including phenoxy) is 1. The van der Waals surface area contributed by atoms with Crippen LogP contribution in [0.15, 0.2) is 91.3 Å². The Kier molecular flexibility index (Phi) is 6.61. The maximum Gasteiger partial charge on any atom is 0.233 e. The van der Waals surface area contributed by atoms with Gasteiger partial charge >= 0.3 is 0 Å². The molecule has 2 aromatic heterocycles. The molecule has 0 bridgehead atoms. The summed E-state index contributed by atoms with van der Waals surface area (Å²) in [5.41, 5.74) is 2.33. The second-order valence-corrected chi connectivity index (χ2v) is 8.46. The topological polar surface area (TPSA) is 73.1 Å². The molecule has 1 aliphatic rings. The minimum atomic E-state index is 0.0212. The van der Waals surface area contributed by atoms with Crippen molar-refractivity contribution in [3.05, 3.63) is 102 Å². The lowest BCUT2D eigenvalue weighted by Gasteiger charge is -2.33. The first-order chi connectivity index (χ1) is 16.8. The first-order valence-corrected chi connectivity index (χ1v) is 11.6. The zero-order chi connectivity index (χ0) is 23.2. The number of hydrogen-bond donors (Lipinski definition) is 0. The second-order valence-electron chi connectivity index (χ2n) is 8.46. The summed E-state index contributed by atoms with van der Waals surface area (Å²) in [7, 11) is 0. The molecule has 1 aliphatic heterocycles. The highest BCUT2D eigenvalue weighted by atomic mass is 16.5. The minimum absolute atomic E-state index is 0.0212. The molecule has 0 aliphatic carbocycles. The van der Waals surface area contributed by atoms with Gasteiger partial charge < -0.3 is 9.64 Å². The van der Waals surface area contributed by atoms with Gasteiger partial charge in [-0.25, -0.2) is 4.68 Å². The molecule has 7 heteroatoms. The van der Waals surface area contributed by atoms with E-state index in [1.54, 1.807) is 10.9 Å². The first-order valence-electron chi connectivity index (χ1n) is 11.6. The number of piperidine rings is 1. The van der Waals surface area contributed by atoms with E-state index in [9.17, 15) is 4.79 Å². The van der Waals surface area contributed by atoms with Crippen molar-refractivity contribution < 1.29 is 9.53 Å². The van der Waals surface area contributed by atoms with Crippen molar-refractivity contribution in [3.63, 3.8) is 0 Å². The molecule has 0 saturated carbocycles. The lowest BCUT2D eigenvalue weighted by Crippen LogP contribution is -2.42. The Hall–Kier alpha value is -4.00. The molecule has 1 saturated heterocycles. The Morgan fingerprint density at radius 1 is 0.882 bits per heavy atom. The zero-order valence-electron chi connectivity index (χ0n) is 18.9. The Morgan fingerprint density at radius 3 is 2.12 bits per heavy atom. The second kappa shape index (κ2) is 10.3. The summed E-state index contributed by atoms with van der Waals surface area (Å²) in [5.74, 6) is 1.37. The van der Waals surface area contributed by atoms with Gasteiger partial charge in [-0.05, 0) is 23.3 Å². The van der Waals surface area contributed by atoms with E-state index in [2.05, 4.69) is 39.6 Å². The molecule has 0 spiro atoms. The van der Waals surface area contributed by atoms with Crippen LogP contribution in [0, 0.1) is 0 Å². The van der Waals surface area contributed by atoms with Crippen molar-refractivity contribution in [2.75, 3.05) is 13.1 Å². The molecular formula is C27H27N5O2. The van der Waals surface area contributed by atoms with E-state index in [4.69, 9.17) is 4.74 Å². The van der Waals surface area contributed by atoms with E-state index >= 15 is 0 Å². The van der Waals surface area contributed by atoms with E-state index in [0.717, 1.165) is 24.0 Å². The van der Waals surface area contributed by atoms with Crippen LogP contribution in [0.4, 0.5) is 0 Å². The fourth-order valence-electron chi connectivity index (χ4n) is 4.40. The zero-order valence-corrected chi connectivity index (χ0v) is 18.9. The van der Waals surface area contributed by atoms with Gasteiger partial charge in [0, 0.05) is 56.7 Å². The molecule has 0 radical (unpaired) electrons. The van der Waals surface area contributed by atoms with Crippen molar-refractivity contribution in [2.45, 2.75) is 31.3 Å². The van der Waals surface area contributed by atoms with Crippen LogP contribution in [0.5, 0.6) is 5.88 Å². The number of nitrogens with zero attached hydrogens (tertiary/aromatic N) is 5. The molecular weight excluding hydrogens is 426 g/mol. The average Bonchev–Trinajstić information content (AvgIpc) is 3.44. The molecule has 1 amide bonds. The van der Waals surface area contributed by atoms with Crippen LogP contribution in [0.1, 0.15) is 36.3 Å². The molecule has 4 aromatic rings. The average molecular weight is 454 g/mol. The van der Waals surface area contributed by atoms with Gasteiger partial charge in [0.15, 0.2) is 5.82 Å². The lowest BCUT2D eigenvalue weighted by molar-refractivity contribution is -0.133. The number of aromatic nitrogens is 4. The van der Waals surface area contributed by atoms with Gasteiger partial charge in [-0.2, -0.15) is 5.10 Å². The van der Waals surface area contributed by atoms with Crippen molar-refractivity contribution in [3.8, 4) is 11.7 Å². The molecule has 2 aromatic carbocycles. The number of amides is 1. The van der Waals surface area contributed by atoms with E-state index < -0.39 is 0 Å². The van der Waals surface area contributed by atoms with Gasteiger partial charge in [-0.15, -0.1) is 10.2 Å². The van der Waals surface area contributed by atoms with Crippen LogP contribution in [-0.4, -0.2) is 50.0 Å². The highest BCUT2D eigenvalue weighted by Gasteiger charge is 2.27. The standard InChI is InChI=1S/C27H27N5O2/c33-27(20-24(21-8-3-1-4-9-21)22-10-5-2-6-11-22)31-18-14-23(15-19-31)34-26-13-12-25(29-30-26)32-17-7-16-28-32/h1-13,16-17,23-24H,14-15,18-20H2. The van der Waals surface area contributed by atoms with E-state index in [0.29, 0.717) is 31.2 Å². The number of carbonyl (C=O) groups excluding carboxylic acids is 1. The van der Waals surface area contributed by atoms with Crippen LogP contribution in [0.2, 0.25) is 0 Å². The third-order valence-electron chi connectivity index (χ3n) is 6.23. The summed E-state index contributed by atoms with van der Waals surface area (Å²) in [6.07, 6.45) is 5.54. The van der Waals surface area contributed by atoms with Crippen molar-refractivity contribution in [2.24, 2.45) is 0 Å². The van der Waals surface area contributed by atoms with Crippen LogP contribution in [0.25, 0.3) is 5.82 Å². The predicted molar refractivity (Wildman–Crippen MR) is 129 cm³/mol. The molecule has 0 unspecified atom stereocenters. The smallest absolute Gasteiger partial charge is 0.233 e. The van der Waals surface area contributed by atoms with Crippen LogP contribution in [-0.2, 0) is 4.79 Å². The van der Waals surface area contributed by atoms with Gasteiger partial charge in [0.25, 0.3) is 0 Å². The summed E-state index contributed by atoms with van der Waals surface area (Å²) in [5, 5.41) is 12.5. The molecule has 34 heavy (non-hydrogen) atoms. The Labute approximate surface area is 199 Å². The Bertz CT molecular complexity index is 1130. The summed E-state index contributed by atoms with van der Waals surface area (Å²) < 4.78 is 7.69. The third-order valence-corrected chi connectivity index (χ3v) is 6.23. The summed E-state index contributed by atoms with van der Waals surface area (Å²) >= 11 is 0. The SMILES string of the molecule is O=C(CC(c1ccccc1)c1ccccc1)N1CCC(Oc2ccc(-n3cccn3)nn2)CC1. The highest BCUT2D eigenvalue weighted by Crippen LogP contribution is 2.29. The fraction of sp³-hybridized carbons (Fsp3) is 0.259. The minimum Gasteiger partial charge on any atom is -0.473 e. The molecule has 0 N–H and O–H groups in total. The third kappa shape index (κ3) is 5.14. The molecule has 3 heterocycles. The molecule has 172 valence electrons. The Morgan fingerprint density at radius 2 is 1.56 bits per heavy atom. The summed E-state index contributed by atoms with van der Waals surface area (Å²) in [4.78, 5) is 15.2. The maximum absolute atomic E-state index is 13.2. The van der Waals surface area contributed by atoms with Gasteiger partial charge in [-0.1, -0.05) is 60.7 Å². The largest absolute Gasteiger partial charge is 0.473 e. The number of rotatable bonds is 7. The van der Waals surface area contributed by atoms with Gasteiger partial charge in [0.05, 0.1) is 0 Å². The molecule has 5 rings (SSSR count). The van der Waals surface area contributed by atoms with Crippen LogP contribution < -0.4 is 4.74 Å². The lowest BCUT2D eigenvalue weighted by atomic mass is 9.88. The van der Waals surface area contributed by atoms with Crippen molar-refractivity contribution in [1.29, 1.82) is 0 Å². The number of benzene rings is 2. The van der Waals surface area contributed by atoms with Crippen molar-refractivity contribution >= 4 is 5.91 Å². The van der Waals surface area contributed by atoms with Gasteiger partial charge in [0.1, 0.15) is 6.10 Å². The van der Waals surface area contributed by atoms with Crippen LogP contribution >= 0.6 is 0 Å². The molecule has 0 atom stereocenters. The van der Waals surface area contributed by atoms with E-state index in [-0.39, 0.29) is 17.9 Å². The van der Waals surface area contributed by atoms with E-state index in [1.807, 2.05) is 65.7 Å². The Balaban J connectivity index is 1.17. The maximum atomic E-state index is 13.2. The first kappa shape index (κ1) is 21.8. The predicted octanol–water partition coefficient (Wildman–Crippen LogP) is 4.25. The molecule has 1 fully saturated rings. The quantitative estimate of drug-likeness (QED) is 0.418. The summed E-state index contributed by atoms with van der Waals surface area (Å²) in [6, 6.07) is 26.0. The number of carbonyl (C=O) groups is 1.